The minimum Gasteiger partial charge on any atom is -0.466 e. The van der Waals surface area contributed by atoms with E-state index in [1.165, 1.54) is 0 Å². The number of thioether (sulfide) groups is 1. The van der Waals surface area contributed by atoms with Crippen LogP contribution in [0.15, 0.2) is 0 Å². The average Bonchev–Trinajstić information content (AvgIpc) is 2.61. The summed E-state index contributed by atoms with van der Waals surface area (Å²) < 4.78 is 4.86. The van der Waals surface area contributed by atoms with Gasteiger partial charge in [-0.05, 0) is 12.8 Å². The second-order valence-electron chi connectivity index (χ2n) is 4.59. The van der Waals surface area contributed by atoms with Crippen LogP contribution in [0.4, 0.5) is 0 Å². The zero-order valence-electron chi connectivity index (χ0n) is 10.4. The van der Waals surface area contributed by atoms with Gasteiger partial charge in [0.05, 0.1) is 18.3 Å². The van der Waals surface area contributed by atoms with Gasteiger partial charge in [-0.25, -0.2) is 0 Å². The van der Waals surface area contributed by atoms with Crippen LogP contribution in [-0.4, -0.2) is 34.5 Å². The molecule has 0 unspecified atom stereocenters. The molecule has 1 rings (SSSR count). The van der Waals surface area contributed by atoms with Crippen molar-refractivity contribution < 1.29 is 14.5 Å². The molecule has 1 fully saturated rings. The van der Waals surface area contributed by atoms with Gasteiger partial charge in [-0.15, -0.1) is 0 Å². The second-order valence-corrected chi connectivity index (χ2v) is 5.80. The average molecular weight is 261 g/mol. The quantitative estimate of drug-likeness (QED) is 0.430. The second kappa shape index (κ2) is 6.23. The van der Waals surface area contributed by atoms with Crippen LogP contribution in [0.1, 0.15) is 27.2 Å². The molecule has 0 N–H and O–H groups in total. The molecule has 3 atom stereocenters. The highest BCUT2D eigenvalue weighted by atomic mass is 32.2. The van der Waals surface area contributed by atoms with Crippen LogP contribution in [0.3, 0.4) is 0 Å². The Balaban J connectivity index is 2.66. The number of esters is 1. The summed E-state index contributed by atoms with van der Waals surface area (Å²) in [4.78, 5) is 22.3. The van der Waals surface area contributed by atoms with Crippen LogP contribution in [0.25, 0.3) is 0 Å². The topological polar surface area (TPSA) is 69.4 Å². The van der Waals surface area contributed by atoms with Gasteiger partial charge < -0.3 is 4.74 Å². The van der Waals surface area contributed by atoms with Crippen LogP contribution < -0.4 is 0 Å². The maximum absolute atomic E-state index is 11.4. The SMILES string of the molecule is CCOC(=O)C[C@@H]1CS[C@@H](C(C)C)[C@@H]1[N+](=O)[O-]. The molecule has 1 aliphatic rings. The molecule has 6 heteroatoms. The molecule has 1 heterocycles. The van der Waals surface area contributed by atoms with Crippen molar-refractivity contribution in [3.8, 4) is 0 Å². The van der Waals surface area contributed by atoms with Gasteiger partial charge in [-0.1, -0.05) is 13.8 Å². The van der Waals surface area contributed by atoms with Crippen molar-refractivity contribution in [3.63, 3.8) is 0 Å². The molecule has 0 aromatic heterocycles. The normalized spacial score (nSPS) is 28.4. The molecule has 0 amide bonds. The first kappa shape index (κ1) is 14.3. The van der Waals surface area contributed by atoms with Crippen molar-refractivity contribution in [2.45, 2.75) is 38.5 Å². The number of carbonyl (C=O) groups is 1. The maximum atomic E-state index is 11.4. The Morgan fingerprint density at radius 3 is 2.71 bits per heavy atom. The summed E-state index contributed by atoms with van der Waals surface area (Å²) in [6, 6.07) is -0.621. The van der Waals surface area contributed by atoms with Crippen LogP contribution in [0, 0.1) is 22.0 Å². The molecule has 0 aliphatic carbocycles. The number of nitrogens with zero attached hydrogens (tertiary/aromatic N) is 1. The first-order valence-corrected chi connectivity index (χ1v) is 6.93. The maximum Gasteiger partial charge on any atom is 0.306 e. The lowest BCUT2D eigenvalue weighted by Crippen LogP contribution is -2.37. The standard InChI is InChI=1S/C11H19NO4S/c1-4-16-9(13)5-8-6-17-11(7(2)3)10(8)12(14)15/h7-8,10-11H,4-6H2,1-3H3/t8-,10-,11+/m1/s1. The highest BCUT2D eigenvalue weighted by molar-refractivity contribution is 8.00. The molecule has 98 valence electrons. The fourth-order valence-electron chi connectivity index (χ4n) is 2.19. The summed E-state index contributed by atoms with van der Waals surface area (Å²) in [5.41, 5.74) is 0. The first-order chi connectivity index (χ1) is 7.97. The fourth-order valence-corrected chi connectivity index (χ4v) is 3.88. The van der Waals surface area contributed by atoms with Crippen molar-refractivity contribution in [1.29, 1.82) is 0 Å². The van der Waals surface area contributed by atoms with Crippen molar-refractivity contribution in [3.05, 3.63) is 10.1 Å². The van der Waals surface area contributed by atoms with E-state index in [1.54, 1.807) is 18.7 Å². The van der Waals surface area contributed by atoms with Crippen LogP contribution >= 0.6 is 11.8 Å². The zero-order chi connectivity index (χ0) is 13.0. The summed E-state index contributed by atoms with van der Waals surface area (Å²) in [6.07, 6.45) is 0.162. The monoisotopic (exact) mass is 261 g/mol. The van der Waals surface area contributed by atoms with Crippen LogP contribution in [0.2, 0.25) is 0 Å². The smallest absolute Gasteiger partial charge is 0.306 e. The van der Waals surface area contributed by atoms with E-state index in [9.17, 15) is 14.9 Å². The van der Waals surface area contributed by atoms with Gasteiger partial charge in [0.15, 0.2) is 0 Å². The van der Waals surface area contributed by atoms with Crippen molar-refractivity contribution in [2.75, 3.05) is 12.4 Å². The predicted molar refractivity (Wildman–Crippen MR) is 66.6 cm³/mol. The third-order valence-electron chi connectivity index (χ3n) is 2.96. The lowest BCUT2D eigenvalue weighted by molar-refractivity contribution is -0.529. The summed E-state index contributed by atoms with van der Waals surface area (Å²) in [7, 11) is 0. The Morgan fingerprint density at radius 1 is 1.59 bits per heavy atom. The van der Waals surface area contributed by atoms with Gasteiger partial charge in [-0.2, -0.15) is 11.8 Å². The van der Waals surface area contributed by atoms with Gasteiger partial charge in [0.2, 0.25) is 6.04 Å². The van der Waals surface area contributed by atoms with E-state index in [1.807, 2.05) is 13.8 Å². The molecule has 5 nitrogen and oxygen atoms in total. The zero-order valence-corrected chi connectivity index (χ0v) is 11.2. The lowest BCUT2D eigenvalue weighted by atomic mass is 9.91. The molecule has 0 bridgehead atoms. The van der Waals surface area contributed by atoms with E-state index in [4.69, 9.17) is 4.74 Å². The van der Waals surface area contributed by atoms with Gasteiger partial charge in [-0.3, -0.25) is 14.9 Å². The number of nitro groups is 1. The van der Waals surface area contributed by atoms with E-state index in [2.05, 4.69) is 0 Å². The van der Waals surface area contributed by atoms with Gasteiger partial charge in [0.1, 0.15) is 0 Å². The number of hydrogen-bond donors (Lipinski definition) is 0. The molecule has 0 aromatic carbocycles. The van der Waals surface area contributed by atoms with Crippen molar-refractivity contribution in [1.82, 2.24) is 0 Å². The number of ether oxygens (including phenoxy) is 1. The van der Waals surface area contributed by atoms with Crippen molar-refractivity contribution >= 4 is 17.7 Å². The highest BCUT2D eigenvalue weighted by Crippen LogP contribution is 2.39. The Kier molecular flexibility index (Phi) is 5.24. The molecule has 0 radical (unpaired) electrons. The third kappa shape index (κ3) is 3.59. The van der Waals surface area contributed by atoms with Crippen LogP contribution in [0.5, 0.6) is 0 Å². The molecule has 17 heavy (non-hydrogen) atoms. The number of carbonyl (C=O) groups excluding carboxylic acids is 1. The van der Waals surface area contributed by atoms with E-state index in [0.717, 1.165) is 0 Å². The predicted octanol–water partition coefficient (Wildman–Crippen LogP) is 1.97. The third-order valence-corrected chi connectivity index (χ3v) is 4.79. The molecular formula is C11H19NO4S. The van der Waals surface area contributed by atoms with E-state index >= 15 is 0 Å². The Bertz CT molecular complexity index is 295. The Hall–Kier alpha value is -0.780. The number of hydrogen-bond acceptors (Lipinski definition) is 5. The molecular weight excluding hydrogens is 242 g/mol. The summed E-state index contributed by atoms with van der Waals surface area (Å²) in [5.74, 6) is 0.409. The van der Waals surface area contributed by atoms with Crippen LogP contribution in [-0.2, 0) is 9.53 Å². The summed E-state index contributed by atoms with van der Waals surface area (Å²) in [6.45, 7) is 6.04. The lowest BCUT2D eigenvalue weighted by Gasteiger charge is -2.18. The molecule has 1 aliphatic heterocycles. The fraction of sp³-hybridized carbons (Fsp3) is 0.909. The van der Waals surface area contributed by atoms with E-state index in [0.29, 0.717) is 12.4 Å². The molecule has 0 aromatic rings. The minimum absolute atomic E-state index is 0.00410. The van der Waals surface area contributed by atoms with E-state index < -0.39 is 6.04 Å². The number of rotatable bonds is 5. The molecule has 1 saturated heterocycles. The molecule has 0 saturated carbocycles. The summed E-state index contributed by atoms with van der Waals surface area (Å²) in [5, 5.41) is 11.1. The Labute approximate surface area is 105 Å². The van der Waals surface area contributed by atoms with E-state index in [-0.39, 0.29) is 34.4 Å². The first-order valence-electron chi connectivity index (χ1n) is 5.88. The minimum atomic E-state index is -0.621. The Morgan fingerprint density at radius 2 is 2.24 bits per heavy atom. The summed E-state index contributed by atoms with van der Waals surface area (Å²) >= 11 is 1.61. The van der Waals surface area contributed by atoms with Gasteiger partial charge in [0, 0.05) is 16.6 Å². The van der Waals surface area contributed by atoms with Gasteiger partial charge >= 0.3 is 5.97 Å². The largest absolute Gasteiger partial charge is 0.466 e. The highest BCUT2D eigenvalue weighted by Gasteiger charge is 2.47. The molecule has 0 spiro atoms. The van der Waals surface area contributed by atoms with Gasteiger partial charge in [0.25, 0.3) is 0 Å². The van der Waals surface area contributed by atoms with Crippen molar-refractivity contribution in [2.24, 2.45) is 11.8 Å².